The summed E-state index contributed by atoms with van der Waals surface area (Å²) < 4.78 is 0. The van der Waals surface area contributed by atoms with Crippen molar-refractivity contribution in [2.24, 2.45) is 27.2 Å². The quantitative estimate of drug-likeness (QED) is 0.770. The average Bonchev–Trinajstić information content (AvgIpc) is 2.51. The SMILES string of the molecule is CC1(C)CC(=O)C2C(=NC3=NC(=O)NC(=O)C3C2c2ccc(Cl)cc2Cl)C1. The van der Waals surface area contributed by atoms with E-state index >= 15 is 0 Å². The predicted molar refractivity (Wildman–Crippen MR) is 103 cm³/mol. The molecule has 3 aliphatic rings. The molecule has 1 aromatic rings. The van der Waals surface area contributed by atoms with Gasteiger partial charge in [0.1, 0.15) is 17.5 Å². The first-order valence-electron chi connectivity index (χ1n) is 8.65. The second kappa shape index (κ2) is 6.24. The number of carbonyl (C=O) groups excluding carboxylic acids is 3. The first-order chi connectivity index (χ1) is 12.7. The Bertz CT molecular complexity index is 952. The largest absolute Gasteiger partial charge is 0.349 e. The van der Waals surface area contributed by atoms with Gasteiger partial charge in [-0.1, -0.05) is 43.1 Å². The van der Waals surface area contributed by atoms with Gasteiger partial charge in [0, 0.05) is 28.1 Å². The summed E-state index contributed by atoms with van der Waals surface area (Å²) in [4.78, 5) is 45.9. The van der Waals surface area contributed by atoms with Crippen LogP contribution in [0.4, 0.5) is 4.79 Å². The molecule has 0 spiro atoms. The third-order valence-electron chi connectivity index (χ3n) is 5.32. The van der Waals surface area contributed by atoms with Crippen LogP contribution in [0.1, 0.15) is 38.2 Å². The van der Waals surface area contributed by atoms with Crippen molar-refractivity contribution in [3.8, 4) is 0 Å². The number of aliphatic imine (C=N–C) groups is 2. The van der Waals surface area contributed by atoms with E-state index in [0.29, 0.717) is 34.2 Å². The molecule has 1 aliphatic carbocycles. The van der Waals surface area contributed by atoms with Crippen LogP contribution in [0, 0.1) is 17.3 Å². The van der Waals surface area contributed by atoms with Crippen molar-refractivity contribution in [3.63, 3.8) is 0 Å². The minimum absolute atomic E-state index is 0.0183. The second-order valence-electron chi connectivity index (χ2n) is 8.00. The van der Waals surface area contributed by atoms with Crippen LogP contribution in [0.25, 0.3) is 0 Å². The van der Waals surface area contributed by atoms with Gasteiger partial charge >= 0.3 is 6.03 Å². The van der Waals surface area contributed by atoms with Crippen LogP contribution in [0.5, 0.6) is 0 Å². The summed E-state index contributed by atoms with van der Waals surface area (Å²) in [6, 6.07) is 4.25. The second-order valence-corrected chi connectivity index (χ2v) is 8.84. The molecule has 3 unspecified atom stereocenters. The number of amides is 3. The van der Waals surface area contributed by atoms with Gasteiger partial charge in [-0.15, -0.1) is 0 Å². The average molecular weight is 406 g/mol. The van der Waals surface area contributed by atoms with Crippen LogP contribution >= 0.6 is 23.2 Å². The van der Waals surface area contributed by atoms with Crippen LogP contribution in [-0.2, 0) is 9.59 Å². The molecule has 2 aliphatic heterocycles. The molecule has 0 saturated heterocycles. The molecule has 0 bridgehead atoms. The molecule has 2 heterocycles. The summed E-state index contributed by atoms with van der Waals surface area (Å²) in [5.41, 5.74) is 1.05. The lowest BCUT2D eigenvalue weighted by Gasteiger charge is -2.43. The summed E-state index contributed by atoms with van der Waals surface area (Å²) >= 11 is 12.5. The number of amidine groups is 1. The van der Waals surface area contributed by atoms with E-state index in [1.165, 1.54) is 0 Å². The molecule has 1 aromatic carbocycles. The smallest absolute Gasteiger partial charge is 0.299 e. The number of urea groups is 1. The molecule has 1 N–H and O–H groups in total. The van der Waals surface area contributed by atoms with Crippen molar-refractivity contribution >= 4 is 52.5 Å². The Morgan fingerprint density at radius 3 is 2.52 bits per heavy atom. The summed E-state index contributed by atoms with van der Waals surface area (Å²) in [7, 11) is 0. The van der Waals surface area contributed by atoms with E-state index in [4.69, 9.17) is 23.2 Å². The van der Waals surface area contributed by atoms with Gasteiger partial charge in [-0.3, -0.25) is 14.9 Å². The highest BCUT2D eigenvalue weighted by molar-refractivity contribution is 6.35. The lowest BCUT2D eigenvalue weighted by molar-refractivity contribution is -0.126. The fraction of sp³-hybridized carbons (Fsp3) is 0.421. The van der Waals surface area contributed by atoms with Crippen LogP contribution < -0.4 is 5.32 Å². The lowest BCUT2D eigenvalue weighted by Crippen LogP contribution is -2.54. The number of nitrogens with zero attached hydrogens (tertiary/aromatic N) is 2. The van der Waals surface area contributed by atoms with Crippen LogP contribution in [0.3, 0.4) is 0 Å². The molecule has 3 amide bonds. The van der Waals surface area contributed by atoms with Crippen molar-refractivity contribution < 1.29 is 14.4 Å². The summed E-state index contributed by atoms with van der Waals surface area (Å²) in [5, 5.41) is 3.05. The zero-order chi connectivity index (χ0) is 19.5. The molecule has 27 heavy (non-hydrogen) atoms. The monoisotopic (exact) mass is 405 g/mol. The summed E-state index contributed by atoms with van der Waals surface area (Å²) in [6.45, 7) is 4.00. The molecule has 1 saturated carbocycles. The zero-order valence-corrected chi connectivity index (χ0v) is 16.3. The van der Waals surface area contributed by atoms with Gasteiger partial charge in [0.15, 0.2) is 0 Å². The highest BCUT2D eigenvalue weighted by Gasteiger charge is 2.52. The van der Waals surface area contributed by atoms with Crippen molar-refractivity contribution in [3.05, 3.63) is 33.8 Å². The molecule has 0 aromatic heterocycles. The first kappa shape index (κ1) is 18.3. The van der Waals surface area contributed by atoms with Gasteiger partial charge in [-0.05, 0) is 29.5 Å². The minimum Gasteiger partial charge on any atom is -0.299 e. The van der Waals surface area contributed by atoms with E-state index in [-0.39, 0.29) is 17.0 Å². The summed E-state index contributed by atoms with van der Waals surface area (Å²) in [5.74, 6) is -2.33. The lowest BCUT2D eigenvalue weighted by atomic mass is 9.61. The third-order valence-corrected chi connectivity index (χ3v) is 5.89. The van der Waals surface area contributed by atoms with Gasteiger partial charge in [0.2, 0.25) is 5.91 Å². The number of benzene rings is 1. The van der Waals surface area contributed by atoms with Crippen LogP contribution in [0.2, 0.25) is 10.0 Å². The maximum absolute atomic E-state index is 13.1. The summed E-state index contributed by atoms with van der Waals surface area (Å²) in [6.07, 6.45) is 0.977. The minimum atomic E-state index is -0.847. The standard InChI is InChI=1S/C19H17Cl2N3O3/c1-19(2)6-11-14(12(25)7-19)13(9-4-3-8(20)5-10(9)21)15-16(22-11)23-18(27)24-17(15)26/h3-5,13-15H,6-7H2,1-2H3,(H,24,26,27). The van der Waals surface area contributed by atoms with Gasteiger partial charge in [-0.25, -0.2) is 9.79 Å². The van der Waals surface area contributed by atoms with E-state index in [9.17, 15) is 14.4 Å². The maximum Gasteiger partial charge on any atom is 0.349 e. The van der Waals surface area contributed by atoms with E-state index in [2.05, 4.69) is 15.3 Å². The van der Waals surface area contributed by atoms with E-state index in [1.54, 1.807) is 18.2 Å². The van der Waals surface area contributed by atoms with E-state index < -0.39 is 29.7 Å². The van der Waals surface area contributed by atoms with Crippen LogP contribution in [-0.4, -0.2) is 29.3 Å². The Morgan fingerprint density at radius 1 is 1.07 bits per heavy atom. The number of rotatable bonds is 1. The number of hydrogen-bond acceptors (Lipinski definition) is 4. The molecular weight excluding hydrogens is 389 g/mol. The topological polar surface area (TPSA) is 88.0 Å². The predicted octanol–water partition coefficient (Wildman–Crippen LogP) is 3.80. The molecule has 140 valence electrons. The fourth-order valence-corrected chi connectivity index (χ4v) is 4.87. The molecule has 4 rings (SSSR count). The Morgan fingerprint density at radius 2 is 1.81 bits per heavy atom. The van der Waals surface area contributed by atoms with Crippen molar-refractivity contribution in [2.75, 3.05) is 0 Å². The highest BCUT2D eigenvalue weighted by atomic mass is 35.5. The van der Waals surface area contributed by atoms with Gasteiger partial charge in [0.05, 0.1) is 5.92 Å². The van der Waals surface area contributed by atoms with Crippen LogP contribution in [0.15, 0.2) is 28.2 Å². The Kier molecular flexibility index (Phi) is 4.24. The molecule has 0 radical (unpaired) electrons. The third kappa shape index (κ3) is 3.11. The first-order valence-corrected chi connectivity index (χ1v) is 9.40. The van der Waals surface area contributed by atoms with Gasteiger partial charge < -0.3 is 0 Å². The van der Waals surface area contributed by atoms with E-state index in [1.807, 2.05) is 13.8 Å². The molecule has 6 nitrogen and oxygen atoms in total. The fourth-order valence-electron chi connectivity index (χ4n) is 4.34. The zero-order valence-electron chi connectivity index (χ0n) is 14.8. The number of fused-ring (bicyclic) bond motifs is 2. The normalized spacial score (nSPS) is 29.3. The highest BCUT2D eigenvalue weighted by Crippen LogP contribution is 2.48. The molecular formula is C19H17Cl2N3O3. The number of ketones is 1. The number of imide groups is 1. The molecule has 3 atom stereocenters. The number of Topliss-reactive ketones (excluding diaryl/α,β-unsaturated/α-hetero) is 1. The Hall–Kier alpha value is -2.05. The Labute approximate surface area is 166 Å². The maximum atomic E-state index is 13.1. The van der Waals surface area contributed by atoms with Crippen molar-refractivity contribution in [1.82, 2.24) is 5.32 Å². The molecule has 8 heteroatoms. The number of nitrogens with one attached hydrogen (secondary N) is 1. The number of carbonyl (C=O) groups is 3. The Balaban J connectivity index is 1.93. The van der Waals surface area contributed by atoms with Crippen molar-refractivity contribution in [1.29, 1.82) is 0 Å². The van der Waals surface area contributed by atoms with E-state index in [0.717, 1.165) is 0 Å². The van der Waals surface area contributed by atoms with Gasteiger partial charge in [-0.2, -0.15) is 4.99 Å². The molecule has 1 fully saturated rings. The van der Waals surface area contributed by atoms with Crippen molar-refractivity contribution in [2.45, 2.75) is 32.6 Å². The number of halogens is 2. The van der Waals surface area contributed by atoms with Gasteiger partial charge in [0.25, 0.3) is 0 Å². The number of hydrogen-bond donors (Lipinski definition) is 1.